The molecule has 1 atom stereocenters. The second kappa shape index (κ2) is 7.95. The summed E-state index contributed by atoms with van der Waals surface area (Å²) in [5.41, 5.74) is 0.782. The SMILES string of the molecule is C[C@H](OC(=O)c1cccc2cccnc12)C(=O)NC(=O)NC1CCCC1. The molecule has 26 heavy (non-hydrogen) atoms. The number of imide groups is 1. The molecule has 1 aliphatic carbocycles. The maximum atomic E-state index is 12.4. The van der Waals surface area contributed by atoms with E-state index >= 15 is 0 Å². The molecule has 1 aliphatic rings. The fraction of sp³-hybridized carbons (Fsp3) is 0.368. The summed E-state index contributed by atoms with van der Waals surface area (Å²) >= 11 is 0. The van der Waals surface area contributed by atoms with Crippen LogP contribution in [0.15, 0.2) is 36.5 Å². The number of aromatic nitrogens is 1. The Labute approximate surface area is 151 Å². The Bertz CT molecular complexity index is 825. The van der Waals surface area contributed by atoms with Crippen molar-refractivity contribution >= 4 is 28.8 Å². The molecule has 7 heteroatoms. The second-order valence-corrected chi connectivity index (χ2v) is 6.37. The van der Waals surface area contributed by atoms with E-state index in [0.29, 0.717) is 5.52 Å². The zero-order chi connectivity index (χ0) is 18.5. The number of carbonyl (C=O) groups excluding carboxylic acids is 3. The molecular weight excluding hydrogens is 334 g/mol. The highest BCUT2D eigenvalue weighted by molar-refractivity contribution is 6.04. The third-order valence-electron chi connectivity index (χ3n) is 4.43. The standard InChI is InChI=1S/C19H21N3O4/c1-12(17(23)22-19(25)21-14-8-2-3-9-14)26-18(24)15-10-4-6-13-7-5-11-20-16(13)15/h4-7,10-12,14H,2-3,8-9H2,1H3,(H2,21,22,23,25)/t12-/m0/s1. The molecule has 0 spiro atoms. The first-order chi connectivity index (χ1) is 12.5. The van der Waals surface area contributed by atoms with E-state index in [1.54, 1.807) is 24.4 Å². The van der Waals surface area contributed by atoms with Crippen LogP contribution >= 0.6 is 0 Å². The maximum absolute atomic E-state index is 12.4. The van der Waals surface area contributed by atoms with Gasteiger partial charge in [0.25, 0.3) is 5.91 Å². The van der Waals surface area contributed by atoms with Crippen LogP contribution in [0.4, 0.5) is 4.79 Å². The van der Waals surface area contributed by atoms with Crippen molar-refractivity contribution in [2.75, 3.05) is 0 Å². The van der Waals surface area contributed by atoms with Crippen LogP contribution in [-0.2, 0) is 9.53 Å². The summed E-state index contributed by atoms with van der Waals surface area (Å²) in [5, 5.41) is 5.77. The van der Waals surface area contributed by atoms with Crippen molar-refractivity contribution in [3.05, 3.63) is 42.1 Å². The summed E-state index contributed by atoms with van der Waals surface area (Å²) in [5.74, 6) is -1.32. The number of ether oxygens (including phenoxy) is 1. The summed E-state index contributed by atoms with van der Waals surface area (Å²) in [4.78, 5) is 40.5. The number of urea groups is 1. The highest BCUT2D eigenvalue weighted by Crippen LogP contribution is 2.18. The number of hydrogen-bond acceptors (Lipinski definition) is 5. The van der Waals surface area contributed by atoms with Crippen LogP contribution in [-0.4, -0.2) is 35.0 Å². The third kappa shape index (κ3) is 4.17. The number of hydrogen-bond donors (Lipinski definition) is 2. The highest BCUT2D eigenvalue weighted by Gasteiger charge is 2.24. The minimum Gasteiger partial charge on any atom is -0.449 e. The van der Waals surface area contributed by atoms with Gasteiger partial charge in [0.2, 0.25) is 0 Å². The Balaban J connectivity index is 1.59. The molecule has 136 valence electrons. The van der Waals surface area contributed by atoms with E-state index in [9.17, 15) is 14.4 Å². The van der Waals surface area contributed by atoms with Gasteiger partial charge in [-0.2, -0.15) is 0 Å². The van der Waals surface area contributed by atoms with E-state index in [-0.39, 0.29) is 11.6 Å². The van der Waals surface area contributed by atoms with E-state index in [1.807, 2.05) is 12.1 Å². The number of rotatable bonds is 4. The summed E-state index contributed by atoms with van der Waals surface area (Å²) in [6.45, 7) is 1.43. The van der Waals surface area contributed by atoms with Gasteiger partial charge in [0, 0.05) is 17.6 Å². The minimum absolute atomic E-state index is 0.0995. The van der Waals surface area contributed by atoms with Crippen molar-refractivity contribution in [3.63, 3.8) is 0 Å². The number of carbonyl (C=O) groups is 3. The molecule has 2 aromatic rings. The average molecular weight is 355 g/mol. The number of nitrogens with one attached hydrogen (secondary N) is 2. The number of pyridine rings is 1. The van der Waals surface area contributed by atoms with Crippen molar-refractivity contribution < 1.29 is 19.1 Å². The van der Waals surface area contributed by atoms with E-state index in [4.69, 9.17) is 4.74 Å². The predicted octanol–water partition coefficient (Wildman–Crippen LogP) is 2.55. The smallest absolute Gasteiger partial charge is 0.341 e. The normalized spacial score (nSPS) is 15.4. The summed E-state index contributed by atoms with van der Waals surface area (Å²) in [6, 6.07) is 8.30. The largest absolute Gasteiger partial charge is 0.449 e. The molecule has 1 saturated carbocycles. The first-order valence-corrected chi connectivity index (χ1v) is 8.70. The van der Waals surface area contributed by atoms with Gasteiger partial charge in [0.1, 0.15) is 0 Å². The molecular formula is C19H21N3O4. The van der Waals surface area contributed by atoms with Crippen molar-refractivity contribution in [1.82, 2.24) is 15.6 Å². The maximum Gasteiger partial charge on any atom is 0.341 e. The van der Waals surface area contributed by atoms with E-state index in [2.05, 4.69) is 15.6 Å². The first-order valence-electron chi connectivity index (χ1n) is 8.70. The van der Waals surface area contributed by atoms with Crippen LogP contribution in [0.1, 0.15) is 43.0 Å². The Hall–Kier alpha value is -2.96. The Morgan fingerprint density at radius 1 is 1.15 bits per heavy atom. The van der Waals surface area contributed by atoms with Crippen LogP contribution in [0.25, 0.3) is 10.9 Å². The number of fused-ring (bicyclic) bond motifs is 1. The lowest BCUT2D eigenvalue weighted by atomic mass is 10.1. The molecule has 1 heterocycles. The molecule has 0 saturated heterocycles. The van der Waals surface area contributed by atoms with Crippen molar-refractivity contribution in [1.29, 1.82) is 0 Å². The quantitative estimate of drug-likeness (QED) is 0.822. The average Bonchev–Trinajstić information content (AvgIpc) is 3.13. The van der Waals surface area contributed by atoms with E-state index in [0.717, 1.165) is 31.1 Å². The molecule has 0 bridgehead atoms. The molecule has 1 aromatic carbocycles. The van der Waals surface area contributed by atoms with Crippen LogP contribution < -0.4 is 10.6 Å². The Morgan fingerprint density at radius 2 is 1.88 bits per heavy atom. The number of para-hydroxylation sites is 1. The van der Waals surface area contributed by atoms with Crippen molar-refractivity contribution in [2.45, 2.75) is 44.8 Å². The van der Waals surface area contributed by atoms with Gasteiger partial charge in [-0.05, 0) is 31.9 Å². The molecule has 1 aromatic heterocycles. The second-order valence-electron chi connectivity index (χ2n) is 6.37. The fourth-order valence-electron chi connectivity index (χ4n) is 3.05. The zero-order valence-corrected chi connectivity index (χ0v) is 14.5. The zero-order valence-electron chi connectivity index (χ0n) is 14.5. The van der Waals surface area contributed by atoms with Gasteiger partial charge in [-0.3, -0.25) is 15.1 Å². The van der Waals surface area contributed by atoms with Gasteiger partial charge in [0.05, 0.1) is 11.1 Å². The van der Waals surface area contributed by atoms with Gasteiger partial charge in [-0.25, -0.2) is 9.59 Å². The van der Waals surface area contributed by atoms with Crippen molar-refractivity contribution in [2.24, 2.45) is 0 Å². The molecule has 1 fully saturated rings. The van der Waals surface area contributed by atoms with Gasteiger partial charge in [-0.15, -0.1) is 0 Å². The van der Waals surface area contributed by atoms with Crippen LogP contribution in [0, 0.1) is 0 Å². The summed E-state index contributed by atoms with van der Waals surface area (Å²) in [7, 11) is 0. The number of amides is 3. The minimum atomic E-state index is -1.10. The topological polar surface area (TPSA) is 97.4 Å². The van der Waals surface area contributed by atoms with Gasteiger partial charge in [0.15, 0.2) is 6.10 Å². The lowest BCUT2D eigenvalue weighted by Crippen LogP contribution is -2.47. The highest BCUT2D eigenvalue weighted by atomic mass is 16.5. The molecule has 7 nitrogen and oxygen atoms in total. The van der Waals surface area contributed by atoms with E-state index < -0.39 is 24.0 Å². The van der Waals surface area contributed by atoms with Gasteiger partial charge in [-0.1, -0.05) is 31.0 Å². The fourth-order valence-corrected chi connectivity index (χ4v) is 3.05. The lowest BCUT2D eigenvalue weighted by molar-refractivity contribution is -0.127. The predicted molar refractivity (Wildman–Crippen MR) is 95.6 cm³/mol. The molecule has 0 unspecified atom stereocenters. The van der Waals surface area contributed by atoms with Crippen LogP contribution in [0.5, 0.6) is 0 Å². The lowest BCUT2D eigenvalue weighted by Gasteiger charge is -2.16. The Morgan fingerprint density at radius 3 is 2.65 bits per heavy atom. The van der Waals surface area contributed by atoms with Crippen LogP contribution in [0.2, 0.25) is 0 Å². The van der Waals surface area contributed by atoms with E-state index in [1.165, 1.54) is 6.92 Å². The Kier molecular flexibility index (Phi) is 5.46. The number of nitrogens with zero attached hydrogens (tertiary/aromatic N) is 1. The van der Waals surface area contributed by atoms with Gasteiger partial charge < -0.3 is 10.1 Å². The number of esters is 1. The summed E-state index contributed by atoms with van der Waals surface area (Å²) < 4.78 is 5.21. The molecule has 3 rings (SSSR count). The van der Waals surface area contributed by atoms with Crippen molar-refractivity contribution in [3.8, 4) is 0 Å². The molecule has 0 aliphatic heterocycles. The number of benzene rings is 1. The molecule has 3 amide bonds. The first kappa shape index (κ1) is 17.8. The summed E-state index contributed by atoms with van der Waals surface area (Å²) in [6.07, 6.45) is 4.47. The van der Waals surface area contributed by atoms with Gasteiger partial charge >= 0.3 is 12.0 Å². The van der Waals surface area contributed by atoms with Crippen LogP contribution in [0.3, 0.4) is 0 Å². The molecule has 0 radical (unpaired) electrons. The third-order valence-corrected chi connectivity index (χ3v) is 4.43. The molecule has 2 N–H and O–H groups in total. The monoisotopic (exact) mass is 355 g/mol.